The maximum atomic E-state index is 12.5. The summed E-state index contributed by atoms with van der Waals surface area (Å²) in [5.74, 6) is -0.0241. The van der Waals surface area contributed by atoms with Crippen molar-refractivity contribution >= 4 is 27.6 Å². The molecule has 0 spiro atoms. The molecule has 0 aromatic heterocycles. The van der Waals surface area contributed by atoms with Crippen LogP contribution in [0.4, 0.5) is 0 Å². The molecule has 0 aliphatic rings. The minimum Gasteiger partial charge on any atom is -0.353 e. The van der Waals surface area contributed by atoms with Gasteiger partial charge in [0.25, 0.3) is 0 Å². The highest BCUT2D eigenvalue weighted by Gasteiger charge is 2.23. The van der Waals surface area contributed by atoms with Gasteiger partial charge in [-0.25, -0.2) is 0 Å². The van der Waals surface area contributed by atoms with Crippen LogP contribution < -0.4 is 5.32 Å². The van der Waals surface area contributed by atoms with Crippen molar-refractivity contribution < 1.29 is 9.59 Å². The molecule has 4 nitrogen and oxygen atoms in total. The second-order valence-electron chi connectivity index (χ2n) is 5.33. The van der Waals surface area contributed by atoms with Gasteiger partial charge >= 0.3 is 0 Å². The number of hydrogen-bond acceptors (Lipinski definition) is 3. The number of halogens is 1. The van der Waals surface area contributed by atoms with Crippen molar-refractivity contribution in [2.75, 3.05) is 13.1 Å². The lowest BCUT2D eigenvalue weighted by molar-refractivity contribution is -0.122. The summed E-state index contributed by atoms with van der Waals surface area (Å²) >= 11 is 3.36. The highest BCUT2D eigenvalue weighted by molar-refractivity contribution is 9.10. The molecule has 116 valence electrons. The first-order valence-corrected chi connectivity index (χ1v) is 7.97. The molecule has 1 aromatic rings. The highest BCUT2D eigenvalue weighted by Crippen LogP contribution is 2.14. The van der Waals surface area contributed by atoms with Gasteiger partial charge in [0.2, 0.25) is 5.91 Å². The Morgan fingerprint density at radius 2 is 1.76 bits per heavy atom. The third kappa shape index (κ3) is 5.59. The summed E-state index contributed by atoms with van der Waals surface area (Å²) < 4.78 is 0.940. The van der Waals surface area contributed by atoms with Crippen LogP contribution in [0.1, 0.15) is 38.1 Å². The number of carbonyl (C=O) groups excluding carboxylic acids is 2. The largest absolute Gasteiger partial charge is 0.353 e. The minimum absolute atomic E-state index is 0.0293. The van der Waals surface area contributed by atoms with Crippen molar-refractivity contribution in [1.29, 1.82) is 0 Å². The second kappa shape index (κ2) is 8.29. The van der Waals surface area contributed by atoms with Crippen molar-refractivity contribution in [1.82, 2.24) is 10.2 Å². The van der Waals surface area contributed by atoms with Gasteiger partial charge in [-0.05, 0) is 39.4 Å². The SMILES string of the molecule is CCN(CC(=O)NC(C)C)C(C)C(=O)c1ccc(Br)cc1. The molecule has 0 bridgehead atoms. The van der Waals surface area contributed by atoms with E-state index in [0.717, 1.165) is 4.47 Å². The monoisotopic (exact) mass is 354 g/mol. The van der Waals surface area contributed by atoms with E-state index < -0.39 is 0 Å². The molecule has 1 aromatic carbocycles. The van der Waals surface area contributed by atoms with Crippen molar-refractivity contribution in [2.45, 2.75) is 39.8 Å². The average molecular weight is 355 g/mol. The van der Waals surface area contributed by atoms with Crippen molar-refractivity contribution in [3.05, 3.63) is 34.3 Å². The Morgan fingerprint density at radius 3 is 2.24 bits per heavy atom. The molecular weight excluding hydrogens is 332 g/mol. The Balaban J connectivity index is 2.73. The summed E-state index contributed by atoms with van der Waals surface area (Å²) in [4.78, 5) is 26.2. The number of ketones is 1. The zero-order valence-electron chi connectivity index (χ0n) is 13.0. The van der Waals surface area contributed by atoms with Crippen molar-refractivity contribution in [3.63, 3.8) is 0 Å². The number of hydrogen-bond donors (Lipinski definition) is 1. The number of rotatable bonds is 7. The molecule has 1 amide bonds. The van der Waals surface area contributed by atoms with Crippen LogP contribution in [0.25, 0.3) is 0 Å². The van der Waals surface area contributed by atoms with Gasteiger partial charge in [0.05, 0.1) is 12.6 Å². The first-order chi connectivity index (χ1) is 9.85. The molecule has 0 radical (unpaired) electrons. The van der Waals surface area contributed by atoms with Gasteiger partial charge in [-0.15, -0.1) is 0 Å². The molecule has 0 saturated heterocycles. The van der Waals surface area contributed by atoms with Crippen LogP contribution in [0.15, 0.2) is 28.7 Å². The fourth-order valence-electron chi connectivity index (χ4n) is 2.10. The van der Waals surface area contributed by atoms with Crippen LogP contribution in [0.3, 0.4) is 0 Å². The third-order valence-corrected chi connectivity index (χ3v) is 3.79. The Hall–Kier alpha value is -1.20. The van der Waals surface area contributed by atoms with Crippen LogP contribution in [0, 0.1) is 0 Å². The van der Waals surface area contributed by atoms with Crippen LogP contribution in [0.2, 0.25) is 0 Å². The van der Waals surface area contributed by atoms with E-state index in [9.17, 15) is 9.59 Å². The maximum Gasteiger partial charge on any atom is 0.234 e. The smallest absolute Gasteiger partial charge is 0.234 e. The van der Waals surface area contributed by atoms with E-state index in [1.54, 1.807) is 12.1 Å². The summed E-state index contributed by atoms with van der Waals surface area (Å²) in [6, 6.07) is 7.07. The first-order valence-electron chi connectivity index (χ1n) is 7.18. The quantitative estimate of drug-likeness (QED) is 0.766. The van der Waals surface area contributed by atoms with Crippen LogP contribution >= 0.6 is 15.9 Å². The number of likely N-dealkylation sites (N-methyl/N-ethyl adjacent to an activating group) is 1. The minimum atomic E-state index is -0.325. The highest BCUT2D eigenvalue weighted by atomic mass is 79.9. The number of nitrogens with one attached hydrogen (secondary N) is 1. The zero-order valence-corrected chi connectivity index (χ0v) is 14.6. The standard InChI is InChI=1S/C16H23BrN2O2/c1-5-19(10-15(20)18-11(2)3)12(4)16(21)13-6-8-14(17)9-7-13/h6-9,11-12H,5,10H2,1-4H3,(H,18,20). The molecule has 1 N–H and O–H groups in total. The zero-order chi connectivity index (χ0) is 16.0. The first kappa shape index (κ1) is 17.9. The average Bonchev–Trinajstić information content (AvgIpc) is 2.43. The Labute approximate surface area is 135 Å². The molecule has 0 saturated carbocycles. The van der Waals surface area contributed by atoms with E-state index in [-0.39, 0.29) is 30.3 Å². The molecule has 0 aliphatic heterocycles. The van der Waals surface area contributed by atoms with Gasteiger partial charge in [0.15, 0.2) is 5.78 Å². The second-order valence-corrected chi connectivity index (χ2v) is 6.25. The number of carbonyl (C=O) groups is 2. The molecule has 1 atom stereocenters. The van der Waals surface area contributed by atoms with E-state index in [0.29, 0.717) is 12.1 Å². The molecule has 1 rings (SSSR count). The lowest BCUT2D eigenvalue weighted by Crippen LogP contribution is -2.46. The molecular formula is C16H23BrN2O2. The van der Waals surface area contributed by atoms with Gasteiger partial charge in [-0.3, -0.25) is 14.5 Å². The summed E-state index contributed by atoms with van der Waals surface area (Å²) in [7, 11) is 0. The Kier molecular flexibility index (Phi) is 7.05. The van der Waals surface area contributed by atoms with E-state index in [4.69, 9.17) is 0 Å². The van der Waals surface area contributed by atoms with Gasteiger partial charge in [0, 0.05) is 16.1 Å². The lowest BCUT2D eigenvalue weighted by atomic mass is 10.0. The Bertz CT molecular complexity index is 486. The van der Waals surface area contributed by atoms with E-state index in [1.165, 1.54) is 0 Å². The van der Waals surface area contributed by atoms with Crippen LogP contribution in [0.5, 0.6) is 0 Å². The molecule has 21 heavy (non-hydrogen) atoms. The number of Topliss-reactive ketones (excluding diaryl/α,β-unsaturated/α-hetero) is 1. The lowest BCUT2D eigenvalue weighted by Gasteiger charge is -2.26. The number of benzene rings is 1. The van der Waals surface area contributed by atoms with E-state index in [1.807, 2.05) is 44.7 Å². The normalized spacial score (nSPS) is 12.5. The van der Waals surface area contributed by atoms with Crippen LogP contribution in [-0.2, 0) is 4.79 Å². The van der Waals surface area contributed by atoms with Gasteiger partial charge in [0.1, 0.15) is 0 Å². The molecule has 0 heterocycles. The topological polar surface area (TPSA) is 49.4 Å². The van der Waals surface area contributed by atoms with Crippen LogP contribution in [-0.4, -0.2) is 41.8 Å². The summed E-state index contributed by atoms with van der Waals surface area (Å²) in [5.41, 5.74) is 0.661. The van der Waals surface area contributed by atoms with Crippen molar-refractivity contribution in [3.8, 4) is 0 Å². The maximum absolute atomic E-state index is 12.5. The fourth-order valence-corrected chi connectivity index (χ4v) is 2.36. The van der Waals surface area contributed by atoms with Gasteiger partial charge in [-0.2, -0.15) is 0 Å². The van der Waals surface area contributed by atoms with Gasteiger partial charge < -0.3 is 5.32 Å². The summed E-state index contributed by atoms with van der Waals surface area (Å²) in [5, 5.41) is 2.85. The molecule has 0 aliphatic carbocycles. The van der Waals surface area contributed by atoms with E-state index in [2.05, 4.69) is 21.2 Å². The predicted molar refractivity (Wildman–Crippen MR) is 88.5 cm³/mol. The summed E-state index contributed by atoms with van der Waals surface area (Å²) in [6.45, 7) is 8.52. The third-order valence-electron chi connectivity index (χ3n) is 3.26. The molecule has 0 fully saturated rings. The number of amides is 1. The summed E-state index contributed by atoms with van der Waals surface area (Å²) in [6.07, 6.45) is 0. The predicted octanol–water partition coefficient (Wildman–Crippen LogP) is 2.87. The molecule has 1 unspecified atom stereocenters. The number of nitrogens with zero attached hydrogens (tertiary/aromatic N) is 1. The van der Waals surface area contributed by atoms with Crippen molar-refractivity contribution in [2.24, 2.45) is 0 Å². The van der Waals surface area contributed by atoms with E-state index >= 15 is 0 Å². The molecule has 5 heteroatoms. The van der Waals surface area contributed by atoms with Gasteiger partial charge in [-0.1, -0.05) is 35.0 Å². The Morgan fingerprint density at radius 1 is 1.19 bits per heavy atom. The fraction of sp³-hybridized carbons (Fsp3) is 0.500.